The Morgan fingerprint density at radius 2 is 1.90 bits per heavy atom. The van der Waals surface area contributed by atoms with Crippen molar-refractivity contribution in [1.82, 2.24) is 4.98 Å². The van der Waals surface area contributed by atoms with Gasteiger partial charge < -0.3 is 5.11 Å². The summed E-state index contributed by atoms with van der Waals surface area (Å²) >= 11 is 8.30. The lowest BCUT2D eigenvalue weighted by molar-refractivity contribution is 0.221. The summed E-state index contributed by atoms with van der Waals surface area (Å²) in [5, 5.41) is 13.3. The standard InChI is InChI=1S/C16H11ClINO/c17-14-7-10(5-6-15(14)18)16(20)13-9-19-8-11-3-1-2-4-12(11)13/h1-9,16,20H. The number of aliphatic hydroxyl groups excluding tert-OH is 1. The summed E-state index contributed by atoms with van der Waals surface area (Å²) in [6.45, 7) is 0. The van der Waals surface area contributed by atoms with E-state index in [1.807, 2.05) is 36.4 Å². The van der Waals surface area contributed by atoms with Crippen molar-refractivity contribution in [2.24, 2.45) is 0 Å². The highest BCUT2D eigenvalue weighted by Gasteiger charge is 2.15. The average Bonchev–Trinajstić information content (AvgIpc) is 2.49. The molecule has 2 nitrogen and oxygen atoms in total. The van der Waals surface area contributed by atoms with Crippen LogP contribution in [0.4, 0.5) is 0 Å². The monoisotopic (exact) mass is 395 g/mol. The zero-order valence-electron chi connectivity index (χ0n) is 10.4. The Kier molecular flexibility index (Phi) is 3.92. The second-order valence-electron chi connectivity index (χ2n) is 4.53. The molecule has 0 aliphatic heterocycles. The molecule has 4 heteroatoms. The number of aliphatic hydroxyl groups is 1. The van der Waals surface area contributed by atoms with Crippen LogP contribution in [0.25, 0.3) is 10.8 Å². The van der Waals surface area contributed by atoms with Crippen molar-refractivity contribution in [2.45, 2.75) is 6.10 Å². The predicted octanol–water partition coefficient (Wildman–Crippen LogP) is 4.57. The molecule has 1 heterocycles. The quantitative estimate of drug-likeness (QED) is 0.645. The first-order valence-corrected chi connectivity index (χ1v) is 7.58. The molecule has 0 fully saturated rings. The van der Waals surface area contributed by atoms with E-state index >= 15 is 0 Å². The maximum atomic E-state index is 10.6. The van der Waals surface area contributed by atoms with Gasteiger partial charge in [-0.15, -0.1) is 0 Å². The van der Waals surface area contributed by atoms with Crippen LogP contribution in [0.2, 0.25) is 5.02 Å². The average molecular weight is 396 g/mol. The van der Waals surface area contributed by atoms with E-state index in [1.54, 1.807) is 18.5 Å². The first kappa shape index (κ1) is 13.8. The summed E-state index contributed by atoms with van der Waals surface area (Å²) in [7, 11) is 0. The van der Waals surface area contributed by atoms with Gasteiger partial charge in [0.15, 0.2) is 0 Å². The molecule has 2 aromatic carbocycles. The Morgan fingerprint density at radius 1 is 1.10 bits per heavy atom. The summed E-state index contributed by atoms with van der Waals surface area (Å²) in [6, 6.07) is 13.5. The van der Waals surface area contributed by atoms with Gasteiger partial charge in [-0.05, 0) is 45.7 Å². The van der Waals surface area contributed by atoms with E-state index in [0.717, 1.165) is 25.5 Å². The van der Waals surface area contributed by atoms with Crippen LogP contribution in [0.5, 0.6) is 0 Å². The summed E-state index contributed by atoms with van der Waals surface area (Å²) in [6.07, 6.45) is 2.77. The van der Waals surface area contributed by atoms with Crippen LogP contribution in [-0.4, -0.2) is 10.1 Å². The Morgan fingerprint density at radius 3 is 2.70 bits per heavy atom. The molecule has 0 amide bonds. The molecule has 0 saturated heterocycles. The van der Waals surface area contributed by atoms with Gasteiger partial charge in [0, 0.05) is 26.9 Å². The molecule has 0 saturated carbocycles. The fourth-order valence-corrected chi connectivity index (χ4v) is 2.74. The molecule has 100 valence electrons. The minimum absolute atomic E-state index is 0.648. The molecule has 0 spiro atoms. The molecular weight excluding hydrogens is 385 g/mol. The Labute approximate surface area is 135 Å². The second kappa shape index (κ2) is 5.68. The maximum Gasteiger partial charge on any atom is 0.106 e. The summed E-state index contributed by atoms with van der Waals surface area (Å²) in [5.74, 6) is 0. The van der Waals surface area contributed by atoms with Crippen molar-refractivity contribution >= 4 is 45.0 Å². The second-order valence-corrected chi connectivity index (χ2v) is 6.10. The third-order valence-electron chi connectivity index (χ3n) is 3.25. The third-order valence-corrected chi connectivity index (χ3v) is 4.83. The van der Waals surface area contributed by atoms with E-state index in [4.69, 9.17) is 11.6 Å². The number of rotatable bonds is 2. The molecule has 3 rings (SSSR count). The Balaban J connectivity index is 2.12. The van der Waals surface area contributed by atoms with Gasteiger partial charge in [0.2, 0.25) is 0 Å². The van der Waals surface area contributed by atoms with E-state index in [9.17, 15) is 5.11 Å². The molecule has 1 atom stereocenters. The smallest absolute Gasteiger partial charge is 0.106 e. The minimum Gasteiger partial charge on any atom is -0.384 e. The largest absolute Gasteiger partial charge is 0.384 e. The molecule has 1 aromatic heterocycles. The van der Waals surface area contributed by atoms with Crippen LogP contribution in [0, 0.1) is 3.57 Å². The maximum absolute atomic E-state index is 10.6. The molecule has 1 N–H and O–H groups in total. The van der Waals surface area contributed by atoms with Crippen molar-refractivity contribution in [3.8, 4) is 0 Å². The molecule has 0 bridgehead atoms. The number of hydrogen-bond acceptors (Lipinski definition) is 2. The fourth-order valence-electron chi connectivity index (χ4n) is 2.22. The molecule has 0 radical (unpaired) electrons. The lowest BCUT2D eigenvalue weighted by Crippen LogP contribution is -2.01. The number of nitrogens with zero attached hydrogens (tertiary/aromatic N) is 1. The van der Waals surface area contributed by atoms with Gasteiger partial charge in [-0.25, -0.2) is 0 Å². The van der Waals surface area contributed by atoms with Gasteiger partial charge in [-0.3, -0.25) is 4.98 Å². The SMILES string of the molecule is OC(c1ccc(I)c(Cl)c1)c1cncc2ccccc12. The lowest BCUT2D eigenvalue weighted by atomic mass is 9.98. The predicted molar refractivity (Wildman–Crippen MR) is 90.0 cm³/mol. The number of aromatic nitrogens is 1. The first-order valence-electron chi connectivity index (χ1n) is 6.12. The van der Waals surface area contributed by atoms with Crippen molar-refractivity contribution < 1.29 is 5.11 Å². The van der Waals surface area contributed by atoms with Crippen molar-refractivity contribution in [3.05, 3.63) is 74.6 Å². The molecular formula is C16H11ClINO. The number of hydrogen-bond donors (Lipinski definition) is 1. The van der Waals surface area contributed by atoms with Gasteiger partial charge >= 0.3 is 0 Å². The van der Waals surface area contributed by atoms with Crippen molar-refractivity contribution in [2.75, 3.05) is 0 Å². The highest BCUT2D eigenvalue weighted by atomic mass is 127. The van der Waals surface area contributed by atoms with Crippen LogP contribution >= 0.6 is 34.2 Å². The number of pyridine rings is 1. The van der Waals surface area contributed by atoms with E-state index < -0.39 is 6.10 Å². The van der Waals surface area contributed by atoms with Gasteiger partial charge in [0.1, 0.15) is 6.10 Å². The van der Waals surface area contributed by atoms with Gasteiger partial charge in [0.25, 0.3) is 0 Å². The Hall–Kier alpha value is -1.17. The topological polar surface area (TPSA) is 33.1 Å². The van der Waals surface area contributed by atoms with E-state index in [-0.39, 0.29) is 0 Å². The van der Waals surface area contributed by atoms with Crippen LogP contribution < -0.4 is 0 Å². The van der Waals surface area contributed by atoms with E-state index in [2.05, 4.69) is 27.6 Å². The van der Waals surface area contributed by atoms with Crippen molar-refractivity contribution in [3.63, 3.8) is 0 Å². The van der Waals surface area contributed by atoms with E-state index in [1.165, 1.54) is 0 Å². The Bertz CT molecular complexity index is 770. The lowest BCUT2D eigenvalue weighted by Gasteiger charge is -2.14. The van der Waals surface area contributed by atoms with Gasteiger partial charge in [0.05, 0.1) is 5.02 Å². The van der Waals surface area contributed by atoms with E-state index in [0.29, 0.717) is 5.02 Å². The molecule has 0 aliphatic rings. The molecule has 3 aromatic rings. The number of fused-ring (bicyclic) bond motifs is 1. The van der Waals surface area contributed by atoms with Gasteiger partial charge in [-0.2, -0.15) is 0 Å². The molecule has 0 aliphatic carbocycles. The summed E-state index contributed by atoms with van der Waals surface area (Å²) < 4.78 is 0.969. The summed E-state index contributed by atoms with van der Waals surface area (Å²) in [4.78, 5) is 4.20. The minimum atomic E-state index is -0.733. The normalized spacial score (nSPS) is 12.6. The molecule has 20 heavy (non-hydrogen) atoms. The zero-order chi connectivity index (χ0) is 14.1. The van der Waals surface area contributed by atoms with Crippen LogP contribution in [-0.2, 0) is 0 Å². The highest BCUT2D eigenvalue weighted by molar-refractivity contribution is 14.1. The van der Waals surface area contributed by atoms with Gasteiger partial charge in [-0.1, -0.05) is 41.9 Å². The number of halogens is 2. The van der Waals surface area contributed by atoms with Crippen LogP contribution in [0.3, 0.4) is 0 Å². The highest BCUT2D eigenvalue weighted by Crippen LogP contribution is 2.30. The zero-order valence-corrected chi connectivity index (χ0v) is 13.3. The van der Waals surface area contributed by atoms with Crippen LogP contribution in [0.15, 0.2) is 54.9 Å². The van der Waals surface area contributed by atoms with Crippen molar-refractivity contribution in [1.29, 1.82) is 0 Å². The molecule has 1 unspecified atom stereocenters. The fraction of sp³-hybridized carbons (Fsp3) is 0.0625. The summed E-state index contributed by atoms with van der Waals surface area (Å²) in [5.41, 5.74) is 1.56. The third kappa shape index (κ3) is 2.53. The number of benzene rings is 2. The van der Waals surface area contributed by atoms with Crippen LogP contribution in [0.1, 0.15) is 17.2 Å². The first-order chi connectivity index (χ1) is 9.66.